The second kappa shape index (κ2) is 9.81. The molecule has 0 amide bonds. The minimum Gasteiger partial charge on any atom is -0.489 e. The van der Waals surface area contributed by atoms with Crippen molar-refractivity contribution in [3.05, 3.63) is 87.9 Å². The van der Waals surface area contributed by atoms with E-state index in [0.29, 0.717) is 11.6 Å². The number of fused-ring (bicyclic) bond motifs is 2. The minimum absolute atomic E-state index is 0.112. The third-order valence-electron chi connectivity index (χ3n) is 8.02. The lowest BCUT2D eigenvalue weighted by molar-refractivity contribution is -0.139. The first kappa shape index (κ1) is 25.8. The Kier molecular flexibility index (Phi) is 6.84. The van der Waals surface area contributed by atoms with Crippen LogP contribution in [0.4, 0.5) is 0 Å². The molecule has 5 rings (SSSR count). The fourth-order valence-electron chi connectivity index (χ4n) is 6.21. The lowest BCUT2D eigenvalue weighted by Crippen LogP contribution is -2.21. The molecule has 0 aromatic heterocycles. The summed E-state index contributed by atoms with van der Waals surface area (Å²) in [6.07, 6.45) is 3.61. The van der Waals surface area contributed by atoms with E-state index in [1.165, 1.54) is 11.1 Å². The molecule has 3 aromatic carbocycles. The van der Waals surface area contributed by atoms with Crippen LogP contribution in [0.3, 0.4) is 0 Å². The van der Waals surface area contributed by atoms with Crippen molar-refractivity contribution in [1.29, 1.82) is 0 Å². The topological polar surface area (TPSA) is 55.8 Å². The predicted molar refractivity (Wildman–Crippen MR) is 147 cm³/mol. The van der Waals surface area contributed by atoms with Gasteiger partial charge in [0.2, 0.25) is 0 Å². The van der Waals surface area contributed by atoms with Crippen LogP contribution in [0, 0.1) is 11.3 Å². The van der Waals surface area contributed by atoms with Gasteiger partial charge in [-0.2, -0.15) is 0 Å². The van der Waals surface area contributed by atoms with Crippen molar-refractivity contribution in [2.24, 2.45) is 11.3 Å². The van der Waals surface area contributed by atoms with Gasteiger partial charge in [-0.3, -0.25) is 4.79 Å². The van der Waals surface area contributed by atoms with Crippen LogP contribution in [0.1, 0.15) is 68.4 Å². The zero-order valence-corrected chi connectivity index (χ0v) is 22.8. The van der Waals surface area contributed by atoms with E-state index in [9.17, 15) is 9.90 Å². The Labute approximate surface area is 224 Å². The van der Waals surface area contributed by atoms with Crippen molar-refractivity contribution >= 4 is 17.6 Å². The second-order valence-corrected chi connectivity index (χ2v) is 12.1. The largest absolute Gasteiger partial charge is 0.489 e. The zero-order valence-electron chi connectivity index (χ0n) is 22.0. The fourth-order valence-corrected chi connectivity index (χ4v) is 6.40. The molecule has 2 aliphatic carbocycles. The fraction of sp³-hybridized carbons (Fsp3) is 0.406. The number of carboxylic acid groups (broad SMARTS) is 1. The summed E-state index contributed by atoms with van der Waals surface area (Å²) in [5.41, 5.74) is 6.43. The molecule has 2 unspecified atom stereocenters. The summed E-state index contributed by atoms with van der Waals surface area (Å²) in [5, 5.41) is 10.3. The number of hydrogen-bond acceptors (Lipinski definition) is 3. The molecule has 0 saturated heterocycles. The lowest BCUT2D eigenvalue weighted by atomic mass is 9.78. The highest BCUT2D eigenvalue weighted by molar-refractivity contribution is 6.30. The van der Waals surface area contributed by atoms with Gasteiger partial charge in [0.05, 0.1) is 12.0 Å². The van der Waals surface area contributed by atoms with Crippen LogP contribution in [0.5, 0.6) is 5.75 Å². The van der Waals surface area contributed by atoms with Gasteiger partial charge in [-0.15, -0.1) is 0 Å². The van der Waals surface area contributed by atoms with Gasteiger partial charge in [0, 0.05) is 17.5 Å². The van der Waals surface area contributed by atoms with E-state index < -0.39 is 5.97 Å². The summed E-state index contributed by atoms with van der Waals surface area (Å²) in [4.78, 5) is 11.7. The summed E-state index contributed by atoms with van der Waals surface area (Å²) >= 11 is 6.32. The number of hydrogen-bond donors (Lipinski definition) is 1. The van der Waals surface area contributed by atoms with Gasteiger partial charge in [-0.25, -0.2) is 0 Å². The highest BCUT2D eigenvalue weighted by Crippen LogP contribution is 2.60. The van der Waals surface area contributed by atoms with Crippen LogP contribution in [0.2, 0.25) is 5.02 Å². The first-order valence-corrected chi connectivity index (χ1v) is 13.4. The molecule has 37 heavy (non-hydrogen) atoms. The van der Waals surface area contributed by atoms with Crippen LogP contribution < -0.4 is 4.74 Å². The first-order chi connectivity index (χ1) is 17.6. The number of rotatable bonds is 7. The van der Waals surface area contributed by atoms with Gasteiger partial charge >= 0.3 is 5.97 Å². The number of aliphatic carboxylic acids is 1. The molecule has 0 heterocycles. The van der Waals surface area contributed by atoms with Gasteiger partial charge < -0.3 is 14.6 Å². The van der Waals surface area contributed by atoms with Crippen molar-refractivity contribution in [1.82, 2.24) is 0 Å². The van der Waals surface area contributed by atoms with Gasteiger partial charge in [-0.05, 0) is 94.8 Å². The molecule has 3 atom stereocenters. The maximum atomic E-state index is 11.7. The van der Waals surface area contributed by atoms with Crippen molar-refractivity contribution < 1.29 is 19.4 Å². The molecule has 2 aliphatic rings. The summed E-state index contributed by atoms with van der Waals surface area (Å²) < 4.78 is 12.3. The SMILES string of the molecule is CO[C@@H](c1cc(COc2ccc3c(c2)C2(CCC3)CC2C(=O)O)ccc1-c1cccc(Cl)c1)C(C)(C)C. The van der Waals surface area contributed by atoms with E-state index in [1.807, 2.05) is 24.3 Å². The van der Waals surface area contributed by atoms with E-state index in [1.54, 1.807) is 7.11 Å². The quantitative estimate of drug-likeness (QED) is 0.344. The van der Waals surface area contributed by atoms with Gasteiger partial charge in [0.15, 0.2) is 0 Å². The van der Waals surface area contributed by atoms with Crippen LogP contribution in [0.25, 0.3) is 11.1 Å². The first-order valence-electron chi connectivity index (χ1n) is 13.0. The number of carbonyl (C=O) groups is 1. The molecule has 1 saturated carbocycles. The highest BCUT2D eigenvalue weighted by atomic mass is 35.5. The maximum absolute atomic E-state index is 11.7. The van der Waals surface area contributed by atoms with Crippen LogP contribution in [-0.4, -0.2) is 18.2 Å². The Bertz CT molecular complexity index is 1320. The van der Waals surface area contributed by atoms with Crippen LogP contribution in [-0.2, 0) is 28.0 Å². The zero-order chi connectivity index (χ0) is 26.4. The Morgan fingerprint density at radius 3 is 2.62 bits per heavy atom. The van der Waals surface area contributed by atoms with Crippen molar-refractivity contribution in [3.8, 4) is 16.9 Å². The van der Waals surface area contributed by atoms with Crippen LogP contribution in [0.15, 0.2) is 60.7 Å². The Morgan fingerprint density at radius 2 is 1.95 bits per heavy atom. The molecule has 194 valence electrons. The Morgan fingerprint density at radius 1 is 1.14 bits per heavy atom. The van der Waals surface area contributed by atoms with Crippen LogP contribution >= 0.6 is 11.6 Å². The maximum Gasteiger partial charge on any atom is 0.307 e. The average molecular weight is 519 g/mol. The molecular weight excluding hydrogens is 484 g/mol. The monoisotopic (exact) mass is 518 g/mol. The number of aryl methyl sites for hydroxylation is 1. The van der Waals surface area contributed by atoms with E-state index in [4.69, 9.17) is 21.1 Å². The molecule has 5 heteroatoms. The number of carboxylic acids is 1. The molecule has 0 aliphatic heterocycles. The summed E-state index contributed by atoms with van der Waals surface area (Å²) in [5.74, 6) is -0.166. The smallest absolute Gasteiger partial charge is 0.307 e. The number of methoxy groups -OCH3 is 1. The van der Waals surface area contributed by atoms with E-state index in [-0.39, 0.29) is 22.9 Å². The highest BCUT2D eigenvalue weighted by Gasteiger charge is 2.60. The van der Waals surface area contributed by atoms with Crippen molar-refractivity contribution in [3.63, 3.8) is 0 Å². The molecule has 1 spiro atoms. The normalized spacial score (nSPS) is 21.4. The number of benzene rings is 3. The molecule has 0 bridgehead atoms. The van der Waals surface area contributed by atoms with Crippen molar-refractivity contribution in [2.75, 3.05) is 7.11 Å². The standard InChI is InChI=1S/C32H35ClO4/c1-31(2,3)29(36-4)26-15-20(10-13-25(26)22-7-5-9-23(33)16-22)19-37-24-12-11-21-8-6-14-32(27(21)17-24)18-28(32)30(34)35/h5,7,9-13,15-17,28-29H,6,8,14,18-19H2,1-4H3,(H,34,35)/t28?,29-,32?/m0/s1. The Balaban J connectivity index is 1.44. The molecular formula is C32H35ClO4. The van der Waals surface area contributed by atoms with Gasteiger partial charge in [0.1, 0.15) is 12.4 Å². The third kappa shape index (κ3) is 5.02. The molecule has 1 fully saturated rings. The number of ether oxygens (including phenoxy) is 2. The summed E-state index contributed by atoms with van der Waals surface area (Å²) in [6.45, 7) is 6.95. The molecule has 0 radical (unpaired) electrons. The number of halogens is 1. The summed E-state index contributed by atoms with van der Waals surface area (Å²) in [7, 11) is 1.76. The predicted octanol–water partition coefficient (Wildman–Crippen LogP) is 8.00. The van der Waals surface area contributed by atoms with Crippen molar-refractivity contribution in [2.45, 2.75) is 64.6 Å². The van der Waals surface area contributed by atoms with E-state index in [0.717, 1.165) is 53.7 Å². The minimum atomic E-state index is -0.682. The summed E-state index contributed by atoms with van der Waals surface area (Å²) in [6, 6.07) is 20.5. The Hall–Kier alpha value is -2.82. The second-order valence-electron chi connectivity index (χ2n) is 11.6. The van der Waals surface area contributed by atoms with E-state index >= 15 is 0 Å². The molecule has 1 N–H and O–H groups in total. The third-order valence-corrected chi connectivity index (χ3v) is 8.26. The average Bonchev–Trinajstić information content (AvgIpc) is 3.58. The molecule has 4 nitrogen and oxygen atoms in total. The van der Waals surface area contributed by atoms with E-state index in [2.05, 4.69) is 57.2 Å². The molecule has 3 aromatic rings. The van der Waals surface area contributed by atoms with Gasteiger partial charge in [-0.1, -0.05) is 62.7 Å². The lowest BCUT2D eigenvalue weighted by Gasteiger charge is -2.32. The van der Waals surface area contributed by atoms with Gasteiger partial charge in [0.25, 0.3) is 0 Å².